The Hall–Kier alpha value is -6.90. The molecule has 1 aromatic heterocycles. The van der Waals surface area contributed by atoms with Crippen LogP contribution in [0, 0.1) is 6.92 Å². The van der Waals surface area contributed by atoms with Crippen molar-refractivity contribution in [2.24, 2.45) is 0 Å². The van der Waals surface area contributed by atoms with Gasteiger partial charge in [0.25, 0.3) is 0 Å². The van der Waals surface area contributed by atoms with Gasteiger partial charge in [-0.25, -0.2) is 0 Å². The van der Waals surface area contributed by atoms with Crippen LogP contribution in [0.25, 0.3) is 66.6 Å². The number of anilines is 2. The van der Waals surface area contributed by atoms with Gasteiger partial charge in [-0.3, -0.25) is 0 Å². The van der Waals surface area contributed by atoms with Gasteiger partial charge in [0, 0.05) is 39.1 Å². The number of allylic oxidation sites excluding steroid dienone is 1. The maximum Gasteiger partial charge on any atom is 0.0541 e. The first-order valence-corrected chi connectivity index (χ1v) is 19.7. The highest BCUT2D eigenvalue weighted by Gasteiger charge is 2.27. The van der Waals surface area contributed by atoms with Gasteiger partial charge in [0.2, 0.25) is 0 Å². The molecule has 1 heterocycles. The van der Waals surface area contributed by atoms with Crippen LogP contribution >= 0.6 is 0 Å². The molecule has 8 aromatic carbocycles. The van der Waals surface area contributed by atoms with Gasteiger partial charge in [-0.2, -0.15) is 0 Å². The lowest BCUT2D eigenvalue weighted by Crippen LogP contribution is -2.20. The summed E-state index contributed by atoms with van der Waals surface area (Å²) in [7, 11) is 0. The minimum Gasteiger partial charge on any atom is -0.310 e. The van der Waals surface area contributed by atoms with Gasteiger partial charge in [-0.05, 0) is 113 Å². The Bertz CT molecular complexity index is 2860. The van der Waals surface area contributed by atoms with Crippen LogP contribution in [0.3, 0.4) is 0 Å². The molecule has 1 aliphatic rings. The van der Waals surface area contributed by atoms with E-state index in [9.17, 15) is 0 Å². The molecule has 0 saturated heterocycles. The van der Waals surface area contributed by atoms with Crippen LogP contribution in [0.5, 0.6) is 0 Å². The van der Waals surface area contributed by atoms with Crippen molar-refractivity contribution < 1.29 is 0 Å². The van der Waals surface area contributed by atoms with Gasteiger partial charge in [-0.15, -0.1) is 0 Å². The lowest BCUT2D eigenvalue weighted by atomic mass is 9.81. The predicted molar refractivity (Wildman–Crippen MR) is 238 cm³/mol. The van der Waals surface area contributed by atoms with Crippen molar-refractivity contribution in [1.29, 1.82) is 0 Å². The van der Waals surface area contributed by atoms with Gasteiger partial charge in [0.1, 0.15) is 0 Å². The van der Waals surface area contributed by atoms with Gasteiger partial charge >= 0.3 is 0 Å². The molecule has 56 heavy (non-hydrogen) atoms. The summed E-state index contributed by atoms with van der Waals surface area (Å²) in [6.07, 6.45) is 3.41. The van der Waals surface area contributed by atoms with Crippen molar-refractivity contribution in [3.05, 3.63) is 217 Å². The first-order chi connectivity index (χ1) is 27.6. The Morgan fingerprint density at radius 2 is 1.04 bits per heavy atom. The van der Waals surface area contributed by atoms with Crippen molar-refractivity contribution in [3.8, 4) is 39.1 Å². The quantitative estimate of drug-likeness (QED) is 0.159. The summed E-state index contributed by atoms with van der Waals surface area (Å²) in [4.78, 5) is 2.43. The Morgan fingerprint density at radius 3 is 1.80 bits per heavy atom. The second-order valence-corrected chi connectivity index (χ2v) is 15.1. The van der Waals surface area contributed by atoms with Crippen molar-refractivity contribution in [2.45, 2.75) is 26.2 Å². The summed E-state index contributed by atoms with van der Waals surface area (Å²) in [6, 6.07) is 71.0. The minimum atomic E-state index is 0.385. The fourth-order valence-corrected chi connectivity index (χ4v) is 8.70. The zero-order valence-corrected chi connectivity index (χ0v) is 31.7. The fraction of sp³-hybridized carbons (Fsp3) is 0.0741. The van der Waals surface area contributed by atoms with Gasteiger partial charge in [-0.1, -0.05) is 158 Å². The molecule has 0 bridgehead atoms. The molecule has 1 atom stereocenters. The number of aromatic nitrogens is 1. The number of aryl methyl sites for hydroxylation is 1. The summed E-state index contributed by atoms with van der Waals surface area (Å²) in [5.74, 6) is 0.385. The van der Waals surface area contributed by atoms with Crippen LogP contribution in [-0.4, -0.2) is 4.57 Å². The van der Waals surface area contributed by atoms with Crippen LogP contribution in [0.4, 0.5) is 11.4 Å². The number of hydrogen-bond acceptors (Lipinski definition) is 1. The molecule has 2 heteroatoms. The van der Waals surface area contributed by atoms with E-state index >= 15 is 0 Å². The van der Waals surface area contributed by atoms with Gasteiger partial charge in [0.05, 0.1) is 11.0 Å². The monoisotopic (exact) mass is 718 g/mol. The minimum absolute atomic E-state index is 0.385. The third-order valence-corrected chi connectivity index (χ3v) is 11.5. The molecule has 0 amide bonds. The molecule has 1 unspecified atom stereocenters. The normalized spacial score (nSPS) is 13.8. The summed E-state index contributed by atoms with van der Waals surface area (Å²) in [6.45, 7) is 4.51. The van der Waals surface area contributed by atoms with Crippen molar-refractivity contribution in [2.75, 3.05) is 4.90 Å². The van der Waals surface area contributed by atoms with Crippen LogP contribution in [-0.2, 0) is 0 Å². The molecule has 9 aromatic rings. The molecule has 1 aliphatic carbocycles. The third-order valence-electron chi connectivity index (χ3n) is 11.5. The average Bonchev–Trinajstić information content (AvgIpc) is 3.59. The zero-order valence-electron chi connectivity index (χ0n) is 31.7. The second-order valence-electron chi connectivity index (χ2n) is 15.1. The third kappa shape index (κ3) is 5.91. The van der Waals surface area contributed by atoms with Crippen molar-refractivity contribution >= 4 is 38.9 Å². The highest BCUT2D eigenvalue weighted by Crippen LogP contribution is 2.46. The average molecular weight is 719 g/mol. The number of hydrogen-bond donors (Lipinski definition) is 0. The van der Waals surface area contributed by atoms with E-state index < -0.39 is 0 Å². The molecule has 2 nitrogen and oxygen atoms in total. The van der Waals surface area contributed by atoms with E-state index in [1.165, 1.54) is 83.3 Å². The molecule has 0 spiro atoms. The standard InChI is InChI=1S/C54H42N2/c1-37-20-30-46(31-21-37)56-51-19-10-9-16-48(51)50-36-43(29-35-53(50)56)41-23-25-42(26-24-41)47-17-11-18-49-52(34-22-38(2)54(47)49)55(44-14-7-4-8-15-44)45-32-27-40(28-33-45)39-12-5-3-6-13-39/h3-21,23-36,38H,22H2,1-2H3. The number of rotatable bonds is 7. The van der Waals surface area contributed by atoms with Crippen LogP contribution in [0.1, 0.15) is 36.0 Å². The molecule has 0 fully saturated rings. The molecule has 0 N–H and O–H groups in total. The molecule has 268 valence electrons. The van der Waals surface area contributed by atoms with E-state index in [1.54, 1.807) is 0 Å². The fourth-order valence-electron chi connectivity index (χ4n) is 8.70. The van der Waals surface area contributed by atoms with Crippen LogP contribution in [0.2, 0.25) is 0 Å². The molecular weight excluding hydrogens is 677 g/mol. The Kier molecular flexibility index (Phi) is 8.45. The van der Waals surface area contributed by atoms with Gasteiger partial charge in [0.15, 0.2) is 0 Å². The lowest BCUT2D eigenvalue weighted by Gasteiger charge is -2.34. The van der Waals surface area contributed by atoms with E-state index in [-0.39, 0.29) is 0 Å². The Labute approximate surface area is 329 Å². The molecule has 0 aliphatic heterocycles. The molecule has 10 rings (SSSR count). The van der Waals surface area contributed by atoms with Crippen molar-refractivity contribution in [3.63, 3.8) is 0 Å². The smallest absolute Gasteiger partial charge is 0.0541 e. The largest absolute Gasteiger partial charge is 0.310 e. The lowest BCUT2D eigenvalue weighted by molar-refractivity contribution is 0.767. The van der Waals surface area contributed by atoms with Crippen LogP contribution < -0.4 is 4.90 Å². The van der Waals surface area contributed by atoms with E-state index in [4.69, 9.17) is 0 Å². The maximum atomic E-state index is 2.43. The highest BCUT2D eigenvalue weighted by atomic mass is 15.1. The van der Waals surface area contributed by atoms with E-state index in [0.29, 0.717) is 5.92 Å². The number of benzene rings is 8. The number of para-hydroxylation sites is 2. The van der Waals surface area contributed by atoms with E-state index in [2.05, 4.69) is 224 Å². The predicted octanol–water partition coefficient (Wildman–Crippen LogP) is 14.8. The topological polar surface area (TPSA) is 8.17 Å². The molecule has 0 saturated carbocycles. The van der Waals surface area contributed by atoms with E-state index in [1.807, 2.05) is 0 Å². The Balaban J connectivity index is 1.01. The first-order valence-electron chi connectivity index (χ1n) is 19.7. The van der Waals surface area contributed by atoms with Gasteiger partial charge < -0.3 is 9.47 Å². The first kappa shape index (κ1) is 33.7. The summed E-state index contributed by atoms with van der Waals surface area (Å²) in [5.41, 5.74) is 18.6. The van der Waals surface area contributed by atoms with Crippen LogP contribution in [0.15, 0.2) is 200 Å². The Morgan fingerprint density at radius 1 is 0.464 bits per heavy atom. The SMILES string of the molecule is Cc1ccc(-n2c3ccccc3c3cc(-c4ccc(-c5cccc6c5C(C)CC=C6N(c5ccccc5)c5ccc(-c6ccccc6)cc5)cc4)ccc32)cc1. The second kappa shape index (κ2) is 14.1. The maximum absolute atomic E-state index is 2.43. The summed E-state index contributed by atoms with van der Waals surface area (Å²) in [5, 5.41) is 2.54. The van der Waals surface area contributed by atoms with Crippen molar-refractivity contribution in [1.82, 2.24) is 4.57 Å². The molecular formula is C54H42N2. The zero-order chi connectivity index (χ0) is 37.6. The summed E-state index contributed by atoms with van der Waals surface area (Å²) < 4.78 is 2.39. The highest BCUT2D eigenvalue weighted by molar-refractivity contribution is 6.10. The van der Waals surface area contributed by atoms with E-state index in [0.717, 1.165) is 17.8 Å². The summed E-state index contributed by atoms with van der Waals surface area (Å²) >= 11 is 0. The number of fused-ring (bicyclic) bond motifs is 4. The number of nitrogens with zero attached hydrogens (tertiary/aromatic N) is 2. The molecule has 0 radical (unpaired) electrons.